The number of nitrogens with one attached hydrogen (secondary N) is 1. The normalized spacial score (nSPS) is 11.9. The lowest BCUT2D eigenvalue weighted by atomic mass is 10.0. The Balaban J connectivity index is 1.81. The first kappa shape index (κ1) is 31.3. The van der Waals surface area contributed by atoms with Crippen molar-refractivity contribution in [3.63, 3.8) is 0 Å². The van der Waals surface area contributed by atoms with Crippen LogP contribution in [0.2, 0.25) is 5.02 Å². The molecule has 4 aromatic carbocycles. The van der Waals surface area contributed by atoms with Crippen molar-refractivity contribution in [2.75, 3.05) is 17.9 Å². The predicted molar refractivity (Wildman–Crippen MR) is 170 cm³/mol. The van der Waals surface area contributed by atoms with Crippen molar-refractivity contribution in [3.05, 3.63) is 129 Å². The number of anilines is 1. The number of aryl methyl sites for hydroxylation is 1. The van der Waals surface area contributed by atoms with Gasteiger partial charge in [0.05, 0.1) is 10.6 Å². The highest BCUT2D eigenvalue weighted by molar-refractivity contribution is 9.10. The highest BCUT2D eigenvalue weighted by Gasteiger charge is 2.34. The molecule has 0 heterocycles. The van der Waals surface area contributed by atoms with Crippen LogP contribution in [0, 0.1) is 6.92 Å². The molecule has 0 fully saturated rings. The summed E-state index contributed by atoms with van der Waals surface area (Å²) < 4.78 is 29.9. The van der Waals surface area contributed by atoms with Gasteiger partial charge in [-0.05, 0) is 66.1 Å². The number of amides is 2. The Kier molecular flexibility index (Phi) is 10.4. The lowest BCUT2D eigenvalue weighted by Crippen LogP contribution is -2.53. The van der Waals surface area contributed by atoms with Crippen molar-refractivity contribution >= 4 is 55.1 Å². The van der Waals surface area contributed by atoms with E-state index in [1.807, 2.05) is 54.6 Å². The van der Waals surface area contributed by atoms with E-state index in [4.69, 9.17) is 11.6 Å². The van der Waals surface area contributed by atoms with Gasteiger partial charge in [0.25, 0.3) is 10.0 Å². The number of sulfonamides is 1. The van der Waals surface area contributed by atoms with E-state index in [9.17, 15) is 18.0 Å². The Morgan fingerprint density at radius 1 is 0.881 bits per heavy atom. The summed E-state index contributed by atoms with van der Waals surface area (Å²) >= 11 is 9.67. The van der Waals surface area contributed by atoms with Crippen molar-refractivity contribution in [2.24, 2.45) is 0 Å². The van der Waals surface area contributed by atoms with Gasteiger partial charge < -0.3 is 10.2 Å². The second kappa shape index (κ2) is 14.0. The molecule has 1 atom stereocenters. The van der Waals surface area contributed by atoms with Crippen molar-refractivity contribution < 1.29 is 18.0 Å². The zero-order chi connectivity index (χ0) is 30.3. The quantitative estimate of drug-likeness (QED) is 0.213. The van der Waals surface area contributed by atoms with Crippen molar-refractivity contribution in [1.29, 1.82) is 0 Å². The van der Waals surface area contributed by atoms with Crippen LogP contribution in [0.3, 0.4) is 0 Å². The standard InChI is InChI=1S/C32H31BrClN3O4S/c1-23-18-27(34)16-17-29(23)37(42(40,41)28-14-7-4-8-15-28)22-31(38)36(21-25-12-9-13-26(33)19-25)30(32(39)35-2)20-24-10-5-3-6-11-24/h3-19,30H,20-22H2,1-2H3,(H,35,39)/t30-/m1/s1. The Bertz CT molecular complexity index is 1650. The molecule has 2 amide bonds. The molecule has 0 spiro atoms. The minimum absolute atomic E-state index is 0.0397. The summed E-state index contributed by atoms with van der Waals surface area (Å²) in [6, 6.07) is 28.7. The van der Waals surface area contributed by atoms with Crippen LogP contribution in [0.1, 0.15) is 16.7 Å². The van der Waals surface area contributed by atoms with Gasteiger partial charge in [-0.1, -0.05) is 88.2 Å². The van der Waals surface area contributed by atoms with Crippen molar-refractivity contribution in [2.45, 2.75) is 30.8 Å². The molecule has 0 saturated carbocycles. The van der Waals surface area contributed by atoms with E-state index >= 15 is 0 Å². The van der Waals surface area contributed by atoms with Crippen LogP contribution < -0.4 is 9.62 Å². The van der Waals surface area contributed by atoms with E-state index in [0.29, 0.717) is 16.3 Å². The zero-order valence-corrected chi connectivity index (χ0v) is 26.4. The number of hydrogen-bond donors (Lipinski definition) is 1. The predicted octanol–water partition coefficient (Wildman–Crippen LogP) is 5.99. The molecule has 0 aromatic heterocycles. The lowest BCUT2D eigenvalue weighted by molar-refractivity contribution is -0.139. The van der Waals surface area contributed by atoms with E-state index < -0.39 is 28.5 Å². The minimum Gasteiger partial charge on any atom is -0.357 e. The first-order chi connectivity index (χ1) is 20.1. The summed E-state index contributed by atoms with van der Waals surface area (Å²) in [5.41, 5.74) is 2.54. The molecule has 10 heteroatoms. The summed E-state index contributed by atoms with van der Waals surface area (Å²) in [6.45, 7) is 1.29. The van der Waals surface area contributed by atoms with Crippen LogP contribution in [0.15, 0.2) is 112 Å². The van der Waals surface area contributed by atoms with Gasteiger partial charge in [-0.3, -0.25) is 13.9 Å². The van der Waals surface area contributed by atoms with Crippen LogP contribution in [-0.4, -0.2) is 44.8 Å². The number of halogens is 2. The average Bonchev–Trinajstić information content (AvgIpc) is 2.98. The summed E-state index contributed by atoms with van der Waals surface area (Å²) in [5.74, 6) is -0.893. The van der Waals surface area contributed by atoms with E-state index in [0.717, 1.165) is 19.9 Å². The summed E-state index contributed by atoms with van der Waals surface area (Å²) in [5, 5.41) is 3.13. The number of benzene rings is 4. The average molecular weight is 669 g/mol. The molecule has 0 saturated heterocycles. The fraction of sp³-hybridized carbons (Fsp3) is 0.188. The number of nitrogens with zero attached hydrogens (tertiary/aromatic N) is 2. The Morgan fingerprint density at radius 3 is 2.14 bits per heavy atom. The van der Waals surface area contributed by atoms with Gasteiger partial charge >= 0.3 is 0 Å². The molecule has 0 radical (unpaired) electrons. The number of carbonyl (C=O) groups is 2. The fourth-order valence-electron chi connectivity index (χ4n) is 4.68. The second-order valence-electron chi connectivity index (χ2n) is 9.73. The molecular formula is C32H31BrClN3O4S. The molecule has 0 aliphatic heterocycles. The van der Waals surface area contributed by atoms with E-state index in [1.54, 1.807) is 43.3 Å². The van der Waals surface area contributed by atoms with E-state index in [-0.39, 0.29) is 23.8 Å². The maximum absolute atomic E-state index is 14.3. The summed E-state index contributed by atoms with van der Waals surface area (Å²) in [4.78, 5) is 29.1. The van der Waals surface area contributed by atoms with Crippen LogP contribution in [0.25, 0.3) is 0 Å². The Morgan fingerprint density at radius 2 is 1.52 bits per heavy atom. The minimum atomic E-state index is -4.17. The third kappa shape index (κ3) is 7.59. The molecule has 218 valence electrons. The molecule has 0 bridgehead atoms. The van der Waals surface area contributed by atoms with E-state index in [1.165, 1.54) is 24.1 Å². The molecule has 4 aromatic rings. The van der Waals surface area contributed by atoms with Gasteiger partial charge in [0.2, 0.25) is 11.8 Å². The van der Waals surface area contributed by atoms with Gasteiger partial charge in [-0.2, -0.15) is 0 Å². The summed E-state index contributed by atoms with van der Waals surface area (Å²) in [6.07, 6.45) is 0.242. The molecule has 4 rings (SSSR count). The number of carbonyl (C=O) groups excluding carboxylic acids is 2. The smallest absolute Gasteiger partial charge is 0.264 e. The van der Waals surface area contributed by atoms with Gasteiger partial charge in [-0.15, -0.1) is 0 Å². The van der Waals surface area contributed by atoms with Crippen molar-refractivity contribution in [3.8, 4) is 0 Å². The summed E-state index contributed by atoms with van der Waals surface area (Å²) in [7, 11) is -2.65. The molecule has 0 aliphatic rings. The molecule has 0 unspecified atom stereocenters. The molecule has 1 N–H and O–H groups in total. The van der Waals surface area contributed by atoms with Crippen molar-refractivity contribution in [1.82, 2.24) is 10.2 Å². The number of hydrogen-bond acceptors (Lipinski definition) is 4. The second-order valence-corrected chi connectivity index (χ2v) is 12.9. The fourth-order valence-corrected chi connectivity index (χ4v) is 6.86. The van der Waals surface area contributed by atoms with Crippen LogP contribution in [-0.2, 0) is 32.6 Å². The maximum atomic E-state index is 14.3. The largest absolute Gasteiger partial charge is 0.357 e. The highest BCUT2D eigenvalue weighted by atomic mass is 79.9. The molecule has 7 nitrogen and oxygen atoms in total. The van der Waals surface area contributed by atoms with Gasteiger partial charge in [-0.25, -0.2) is 8.42 Å². The Hall–Kier alpha value is -3.66. The first-order valence-electron chi connectivity index (χ1n) is 13.2. The third-order valence-electron chi connectivity index (χ3n) is 6.80. The first-order valence-corrected chi connectivity index (χ1v) is 15.8. The van der Waals surface area contributed by atoms with Crippen LogP contribution in [0.5, 0.6) is 0 Å². The number of likely N-dealkylation sites (N-methyl/N-ethyl adjacent to an activating group) is 1. The highest BCUT2D eigenvalue weighted by Crippen LogP contribution is 2.29. The molecule has 42 heavy (non-hydrogen) atoms. The monoisotopic (exact) mass is 667 g/mol. The zero-order valence-electron chi connectivity index (χ0n) is 23.2. The van der Waals surface area contributed by atoms with Crippen LogP contribution >= 0.6 is 27.5 Å². The number of rotatable bonds is 11. The van der Waals surface area contributed by atoms with Gasteiger partial charge in [0, 0.05) is 29.5 Å². The third-order valence-corrected chi connectivity index (χ3v) is 9.30. The molecule has 0 aliphatic carbocycles. The topological polar surface area (TPSA) is 86.8 Å². The maximum Gasteiger partial charge on any atom is 0.264 e. The van der Waals surface area contributed by atoms with Gasteiger partial charge in [0.15, 0.2) is 0 Å². The van der Waals surface area contributed by atoms with Gasteiger partial charge in [0.1, 0.15) is 12.6 Å². The van der Waals surface area contributed by atoms with E-state index in [2.05, 4.69) is 21.2 Å². The lowest BCUT2D eigenvalue weighted by Gasteiger charge is -2.34. The Labute approximate surface area is 260 Å². The molecular weight excluding hydrogens is 638 g/mol. The SMILES string of the molecule is CNC(=O)[C@@H](Cc1ccccc1)N(Cc1cccc(Br)c1)C(=O)CN(c1ccc(Cl)cc1C)S(=O)(=O)c1ccccc1. The van der Waals surface area contributed by atoms with Crippen LogP contribution in [0.4, 0.5) is 5.69 Å².